The maximum Gasteiger partial charge on any atom is 0.154 e. The van der Waals surface area contributed by atoms with Crippen molar-refractivity contribution in [1.82, 2.24) is 19.9 Å². The number of benzene rings is 6. The number of anilines is 8. The predicted molar refractivity (Wildman–Crippen MR) is 287 cm³/mol. The summed E-state index contributed by atoms with van der Waals surface area (Å²) in [5.41, 5.74) is 16.6. The second-order valence-electron chi connectivity index (χ2n) is 18.1. The van der Waals surface area contributed by atoms with E-state index in [0.717, 1.165) is 113 Å². The normalized spacial score (nSPS) is 13.5. The SMILES string of the molecule is Cc1cccc(N2c3cc(-c4ccccc4)c(-c4ccccc4)cc3N(c3cccc(C)n3)C2C2N(c3cccc(C)n3)c3cc(-c4ccccc4)c(-c4ccccc4)cc3N2c2cccc(C)n2)n1. The molecule has 8 heteroatoms. The lowest BCUT2D eigenvalue weighted by Gasteiger charge is -2.43. The van der Waals surface area contributed by atoms with Crippen LogP contribution in [-0.2, 0) is 0 Å². The van der Waals surface area contributed by atoms with E-state index in [1.165, 1.54) is 0 Å². The largest absolute Gasteiger partial charge is 0.299 e. The van der Waals surface area contributed by atoms with Gasteiger partial charge in [0, 0.05) is 22.8 Å². The van der Waals surface area contributed by atoms with E-state index >= 15 is 0 Å². The van der Waals surface area contributed by atoms with Crippen molar-refractivity contribution in [3.05, 3.63) is 241 Å². The van der Waals surface area contributed by atoms with Crippen LogP contribution >= 0.6 is 0 Å². The van der Waals surface area contributed by atoms with Crippen LogP contribution in [0.2, 0.25) is 0 Å². The van der Waals surface area contributed by atoms with Crippen molar-refractivity contribution < 1.29 is 0 Å². The lowest BCUT2D eigenvalue weighted by Crippen LogP contribution is -2.58. The Kier molecular flexibility index (Phi) is 10.7. The van der Waals surface area contributed by atoms with Gasteiger partial charge in [-0.3, -0.25) is 19.6 Å². The molecule has 10 aromatic rings. The fourth-order valence-corrected chi connectivity index (χ4v) is 10.4. The Bertz CT molecular complexity index is 3060. The molecule has 0 fully saturated rings. The van der Waals surface area contributed by atoms with Crippen molar-refractivity contribution in [3.8, 4) is 44.5 Å². The van der Waals surface area contributed by atoms with Gasteiger partial charge in [-0.15, -0.1) is 0 Å². The van der Waals surface area contributed by atoms with Crippen molar-refractivity contribution in [2.24, 2.45) is 0 Å². The van der Waals surface area contributed by atoms with E-state index in [9.17, 15) is 0 Å². The van der Waals surface area contributed by atoms with Crippen LogP contribution in [-0.4, -0.2) is 32.3 Å². The average molecular weight is 907 g/mol. The monoisotopic (exact) mass is 906 g/mol. The molecule has 0 aliphatic carbocycles. The molecule has 12 rings (SSSR count). The van der Waals surface area contributed by atoms with Gasteiger partial charge in [0.15, 0.2) is 12.3 Å². The number of aryl methyl sites for hydroxylation is 4. The Morgan fingerprint density at radius 1 is 0.257 bits per heavy atom. The molecule has 6 aromatic carbocycles. The molecular weight excluding hydrogens is 857 g/mol. The molecule has 0 N–H and O–H groups in total. The van der Waals surface area contributed by atoms with Crippen molar-refractivity contribution in [2.75, 3.05) is 19.6 Å². The second-order valence-corrected chi connectivity index (χ2v) is 18.1. The molecule has 4 aromatic heterocycles. The van der Waals surface area contributed by atoms with Crippen LogP contribution in [0, 0.1) is 27.7 Å². The average Bonchev–Trinajstić information content (AvgIpc) is 3.91. The van der Waals surface area contributed by atoms with Gasteiger partial charge in [0.1, 0.15) is 23.3 Å². The maximum absolute atomic E-state index is 5.40. The third kappa shape index (κ3) is 7.51. The van der Waals surface area contributed by atoms with Gasteiger partial charge in [-0.2, -0.15) is 0 Å². The van der Waals surface area contributed by atoms with E-state index < -0.39 is 12.3 Å². The molecule has 0 radical (unpaired) electrons. The van der Waals surface area contributed by atoms with E-state index in [4.69, 9.17) is 19.9 Å². The van der Waals surface area contributed by atoms with Gasteiger partial charge in [-0.1, -0.05) is 146 Å². The maximum atomic E-state index is 5.40. The quantitative estimate of drug-likeness (QED) is 0.142. The Labute approximate surface area is 409 Å². The topological polar surface area (TPSA) is 64.5 Å². The molecule has 0 atom stereocenters. The number of rotatable bonds is 9. The summed E-state index contributed by atoms with van der Waals surface area (Å²) < 4.78 is 0. The Balaban J connectivity index is 1.22. The summed E-state index contributed by atoms with van der Waals surface area (Å²) in [6, 6.07) is 77.6. The first kappa shape index (κ1) is 42.5. The number of hydrogen-bond acceptors (Lipinski definition) is 8. The minimum Gasteiger partial charge on any atom is -0.299 e. The molecule has 0 bridgehead atoms. The zero-order valence-corrected chi connectivity index (χ0v) is 39.5. The molecule has 0 saturated carbocycles. The molecule has 2 aliphatic rings. The highest BCUT2D eigenvalue weighted by Gasteiger charge is 2.53. The summed E-state index contributed by atoms with van der Waals surface area (Å²) in [5.74, 6) is 3.25. The van der Waals surface area contributed by atoms with Crippen molar-refractivity contribution in [2.45, 2.75) is 40.0 Å². The van der Waals surface area contributed by atoms with Gasteiger partial charge in [0.05, 0.1) is 22.7 Å². The first-order chi connectivity index (χ1) is 34.4. The summed E-state index contributed by atoms with van der Waals surface area (Å²) in [6.07, 6.45) is -1.07. The van der Waals surface area contributed by atoms with Crippen molar-refractivity contribution in [3.63, 3.8) is 0 Å². The fraction of sp³-hybridized carbons (Fsp3) is 0.0968. The molecule has 2 aliphatic heterocycles. The Morgan fingerprint density at radius 3 is 0.671 bits per heavy atom. The van der Waals surface area contributed by atoms with Gasteiger partial charge in [-0.05, 0) is 145 Å². The molecule has 0 amide bonds. The summed E-state index contributed by atoms with van der Waals surface area (Å²) in [5, 5.41) is 0. The predicted octanol–water partition coefficient (Wildman–Crippen LogP) is 15.1. The molecular formula is C62H50N8. The zero-order valence-electron chi connectivity index (χ0n) is 39.5. The van der Waals surface area contributed by atoms with E-state index in [0.29, 0.717) is 0 Å². The van der Waals surface area contributed by atoms with Gasteiger partial charge in [0.25, 0.3) is 0 Å². The van der Waals surface area contributed by atoms with E-state index in [2.05, 4.69) is 266 Å². The summed E-state index contributed by atoms with van der Waals surface area (Å²) in [7, 11) is 0. The summed E-state index contributed by atoms with van der Waals surface area (Å²) >= 11 is 0. The van der Waals surface area contributed by atoms with E-state index in [1.54, 1.807) is 0 Å². The van der Waals surface area contributed by atoms with Crippen LogP contribution in [0.25, 0.3) is 44.5 Å². The molecule has 0 saturated heterocycles. The number of pyridine rings is 4. The minimum atomic E-state index is -0.536. The Morgan fingerprint density at radius 2 is 0.471 bits per heavy atom. The molecule has 338 valence electrons. The molecule has 0 unspecified atom stereocenters. The van der Waals surface area contributed by atoms with Crippen LogP contribution in [0.5, 0.6) is 0 Å². The molecule has 70 heavy (non-hydrogen) atoms. The molecule has 6 heterocycles. The van der Waals surface area contributed by atoms with Crippen molar-refractivity contribution >= 4 is 46.0 Å². The molecule has 0 spiro atoms. The summed E-state index contributed by atoms with van der Waals surface area (Å²) in [6.45, 7) is 8.27. The lowest BCUT2D eigenvalue weighted by molar-refractivity contribution is 0.539. The second kappa shape index (κ2) is 17.6. The highest BCUT2D eigenvalue weighted by Crippen LogP contribution is 2.58. The highest BCUT2D eigenvalue weighted by atomic mass is 15.6. The standard InChI is InChI=1S/C62H50N8/c1-41-21-17-33-57(63-41)67-53-37-49(45-25-9-5-10-26-45)50(46-27-11-6-12-28-46)38-54(53)68(58-34-18-22-42(2)64-58)61(67)62-69(59-35-19-23-43(3)65-59)55-39-51(47-29-13-7-14-30-47)52(48-31-15-8-16-32-48)40-56(55)70(62)60-36-20-24-44(4)66-60/h5-40,61-62H,1-4H3. The van der Waals surface area contributed by atoms with Crippen molar-refractivity contribution in [1.29, 1.82) is 0 Å². The Hall–Kier alpha value is -8.88. The number of fused-ring (bicyclic) bond motifs is 2. The van der Waals surface area contributed by atoms with Gasteiger partial charge in [-0.25, -0.2) is 19.9 Å². The first-order valence-electron chi connectivity index (χ1n) is 23.9. The fourth-order valence-electron chi connectivity index (χ4n) is 10.4. The van der Waals surface area contributed by atoms with Crippen LogP contribution in [0.1, 0.15) is 22.8 Å². The van der Waals surface area contributed by atoms with Crippen LogP contribution in [0.15, 0.2) is 218 Å². The third-order valence-electron chi connectivity index (χ3n) is 13.4. The van der Waals surface area contributed by atoms with E-state index in [1.807, 2.05) is 0 Å². The minimum absolute atomic E-state index is 0.536. The first-order valence-corrected chi connectivity index (χ1v) is 23.9. The smallest absolute Gasteiger partial charge is 0.154 e. The van der Waals surface area contributed by atoms with E-state index in [-0.39, 0.29) is 0 Å². The van der Waals surface area contributed by atoms with Gasteiger partial charge < -0.3 is 0 Å². The zero-order chi connectivity index (χ0) is 47.3. The van der Waals surface area contributed by atoms with Crippen LogP contribution < -0.4 is 19.6 Å². The molecule has 8 nitrogen and oxygen atoms in total. The summed E-state index contributed by atoms with van der Waals surface area (Å²) in [4.78, 5) is 31.3. The van der Waals surface area contributed by atoms with Crippen LogP contribution in [0.4, 0.5) is 46.0 Å². The third-order valence-corrected chi connectivity index (χ3v) is 13.4. The number of nitrogens with zero attached hydrogens (tertiary/aromatic N) is 8. The number of aromatic nitrogens is 4. The van der Waals surface area contributed by atoms with Gasteiger partial charge >= 0.3 is 0 Å². The van der Waals surface area contributed by atoms with Crippen LogP contribution in [0.3, 0.4) is 0 Å². The lowest BCUT2D eigenvalue weighted by atomic mass is 9.93. The number of hydrogen-bond donors (Lipinski definition) is 0. The van der Waals surface area contributed by atoms with Gasteiger partial charge in [0.2, 0.25) is 0 Å². The highest BCUT2D eigenvalue weighted by molar-refractivity contribution is 6.01.